The van der Waals surface area contributed by atoms with Gasteiger partial charge in [-0.3, -0.25) is 4.98 Å². The van der Waals surface area contributed by atoms with E-state index < -0.39 is 0 Å². The van der Waals surface area contributed by atoms with E-state index in [1.165, 1.54) is 11.1 Å². The summed E-state index contributed by atoms with van der Waals surface area (Å²) >= 11 is 5.17. The molecule has 106 valence electrons. The molecule has 0 saturated carbocycles. The van der Waals surface area contributed by atoms with Crippen LogP contribution in [0.1, 0.15) is 18.5 Å². The van der Waals surface area contributed by atoms with Gasteiger partial charge in [-0.15, -0.1) is 11.8 Å². The minimum atomic E-state index is -0.293. The van der Waals surface area contributed by atoms with Crippen molar-refractivity contribution in [3.05, 3.63) is 58.6 Å². The topological polar surface area (TPSA) is 24.9 Å². The van der Waals surface area contributed by atoms with Crippen molar-refractivity contribution < 1.29 is 4.39 Å². The van der Waals surface area contributed by atoms with E-state index in [4.69, 9.17) is 0 Å². The third kappa shape index (κ3) is 4.58. The lowest BCUT2D eigenvalue weighted by atomic mass is 10.1. The Hall–Kier alpha value is -0.910. The Morgan fingerprint density at radius 3 is 2.70 bits per heavy atom. The predicted octanol–water partition coefficient (Wildman–Crippen LogP) is 4.43. The lowest BCUT2D eigenvalue weighted by molar-refractivity contribution is 0.582. The van der Waals surface area contributed by atoms with Crippen molar-refractivity contribution in [1.29, 1.82) is 0 Å². The third-order valence-corrected chi connectivity index (χ3v) is 4.44. The van der Waals surface area contributed by atoms with Crippen LogP contribution in [0, 0.1) is 5.82 Å². The molecule has 0 bridgehead atoms. The van der Waals surface area contributed by atoms with Crippen LogP contribution in [0.15, 0.2) is 52.1 Å². The standard InChI is InChI=1S/C15H16BrFN2S/c1-2-19-15(11-7-13(17)9-18-8-11)10-20-14-5-3-12(16)4-6-14/h3-9,15,19H,2,10H2,1H3. The summed E-state index contributed by atoms with van der Waals surface area (Å²) in [6.45, 7) is 2.88. The molecule has 0 amide bonds. The van der Waals surface area contributed by atoms with Crippen LogP contribution in [-0.2, 0) is 0 Å². The first-order chi connectivity index (χ1) is 9.69. The number of pyridine rings is 1. The molecule has 0 aliphatic heterocycles. The molecular formula is C15H16BrFN2S. The molecule has 2 nitrogen and oxygen atoms in total. The average molecular weight is 355 g/mol. The highest BCUT2D eigenvalue weighted by molar-refractivity contribution is 9.10. The van der Waals surface area contributed by atoms with Crippen molar-refractivity contribution in [2.24, 2.45) is 0 Å². The summed E-state index contributed by atoms with van der Waals surface area (Å²) in [7, 11) is 0. The summed E-state index contributed by atoms with van der Waals surface area (Å²) in [5.41, 5.74) is 0.886. The summed E-state index contributed by atoms with van der Waals surface area (Å²) in [6.07, 6.45) is 2.95. The van der Waals surface area contributed by atoms with E-state index in [-0.39, 0.29) is 11.9 Å². The second-order valence-electron chi connectivity index (χ2n) is 4.31. The van der Waals surface area contributed by atoms with Crippen molar-refractivity contribution >= 4 is 27.7 Å². The predicted molar refractivity (Wildman–Crippen MR) is 85.5 cm³/mol. The lowest BCUT2D eigenvalue weighted by Gasteiger charge is -2.17. The molecule has 1 aromatic heterocycles. The summed E-state index contributed by atoms with van der Waals surface area (Å²) in [5, 5.41) is 3.37. The van der Waals surface area contributed by atoms with Crippen molar-refractivity contribution in [2.45, 2.75) is 17.9 Å². The Kier molecular flexibility index (Phi) is 6.01. The maximum Gasteiger partial charge on any atom is 0.141 e. The van der Waals surface area contributed by atoms with Crippen LogP contribution >= 0.6 is 27.7 Å². The van der Waals surface area contributed by atoms with Crippen LogP contribution < -0.4 is 5.32 Å². The van der Waals surface area contributed by atoms with Crippen molar-refractivity contribution in [2.75, 3.05) is 12.3 Å². The molecule has 0 aliphatic rings. The monoisotopic (exact) mass is 354 g/mol. The maximum absolute atomic E-state index is 13.3. The first kappa shape index (κ1) is 15.5. The fourth-order valence-corrected chi connectivity index (χ4v) is 3.11. The molecule has 5 heteroatoms. The van der Waals surface area contributed by atoms with Gasteiger partial charge in [0.1, 0.15) is 5.82 Å². The van der Waals surface area contributed by atoms with Gasteiger partial charge in [-0.2, -0.15) is 0 Å². The number of rotatable bonds is 6. The number of thioether (sulfide) groups is 1. The molecule has 0 fully saturated rings. The van der Waals surface area contributed by atoms with Crippen LogP contribution in [0.4, 0.5) is 4.39 Å². The summed E-state index contributed by atoms with van der Waals surface area (Å²) in [5.74, 6) is 0.541. The van der Waals surface area contributed by atoms with Gasteiger partial charge in [0.2, 0.25) is 0 Å². The zero-order valence-electron chi connectivity index (χ0n) is 11.1. The van der Waals surface area contributed by atoms with Crippen molar-refractivity contribution in [1.82, 2.24) is 10.3 Å². The lowest BCUT2D eigenvalue weighted by Crippen LogP contribution is -2.23. The molecular weight excluding hydrogens is 339 g/mol. The highest BCUT2D eigenvalue weighted by Gasteiger charge is 2.12. The van der Waals surface area contributed by atoms with Gasteiger partial charge < -0.3 is 5.32 Å². The van der Waals surface area contributed by atoms with E-state index in [2.05, 4.69) is 38.4 Å². The molecule has 2 aromatic rings. The number of halogens is 2. The summed E-state index contributed by atoms with van der Waals surface area (Å²) in [6, 6.07) is 9.82. The van der Waals surface area contributed by atoms with E-state index >= 15 is 0 Å². The Morgan fingerprint density at radius 1 is 1.30 bits per heavy atom. The van der Waals surface area contributed by atoms with Crippen LogP contribution in [-0.4, -0.2) is 17.3 Å². The molecule has 20 heavy (non-hydrogen) atoms. The molecule has 1 unspecified atom stereocenters. The highest BCUT2D eigenvalue weighted by atomic mass is 79.9. The minimum absolute atomic E-state index is 0.0943. The normalized spacial score (nSPS) is 12.3. The largest absolute Gasteiger partial charge is 0.309 e. The fourth-order valence-electron chi connectivity index (χ4n) is 1.85. The van der Waals surface area contributed by atoms with Gasteiger partial charge in [-0.25, -0.2) is 4.39 Å². The van der Waals surface area contributed by atoms with Gasteiger partial charge in [0.25, 0.3) is 0 Å². The van der Waals surface area contributed by atoms with E-state index in [1.54, 1.807) is 24.0 Å². The molecule has 1 heterocycles. The molecule has 1 atom stereocenters. The molecule has 0 spiro atoms. The van der Waals surface area contributed by atoms with Crippen molar-refractivity contribution in [3.63, 3.8) is 0 Å². The number of hydrogen-bond acceptors (Lipinski definition) is 3. The Morgan fingerprint density at radius 2 is 2.05 bits per heavy atom. The first-order valence-corrected chi connectivity index (χ1v) is 8.19. The molecule has 0 saturated heterocycles. The van der Waals surface area contributed by atoms with Crippen LogP contribution in [0.2, 0.25) is 0 Å². The summed E-state index contributed by atoms with van der Waals surface area (Å²) < 4.78 is 14.3. The zero-order valence-corrected chi connectivity index (χ0v) is 13.5. The second kappa shape index (κ2) is 7.76. The smallest absolute Gasteiger partial charge is 0.141 e. The quantitative estimate of drug-likeness (QED) is 0.777. The van der Waals surface area contributed by atoms with Gasteiger partial charge >= 0.3 is 0 Å². The number of nitrogens with zero attached hydrogens (tertiary/aromatic N) is 1. The summed E-state index contributed by atoms with van der Waals surface area (Å²) in [4.78, 5) is 5.12. The molecule has 0 radical (unpaired) electrons. The minimum Gasteiger partial charge on any atom is -0.309 e. The average Bonchev–Trinajstić information content (AvgIpc) is 2.45. The molecule has 1 aromatic carbocycles. The second-order valence-corrected chi connectivity index (χ2v) is 6.32. The fraction of sp³-hybridized carbons (Fsp3) is 0.267. The molecule has 2 rings (SSSR count). The molecule has 1 N–H and O–H groups in total. The van der Waals surface area contributed by atoms with Crippen molar-refractivity contribution in [3.8, 4) is 0 Å². The Bertz CT molecular complexity index is 548. The van der Waals surface area contributed by atoms with E-state index in [0.717, 1.165) is 22.3 Å². The first-order valence-electron chi connectivity index (χ1n) is 6.41. The zero-order chi connectivity index (χ0) is 14.4. The van der Waals surface area contributed by atoms with Crippen LogP contribution in [0.5, 0.6) is 0 Å². The van der Waals surface area contributed by atoms with E-state index in [0.29, 0.717) is 0 Å². The third-order valence-electron chi connectivity index (χ3n) is 2.81. The number of hydrogen-bond donors (Lipinski definition) is 1. The SMILES string of the molecule is CCNC(CSc1ccc(Br)cc1)c1cncc(F)c1. The number of nitrogens with one attached hydrogen (secondary N) is 1. The van der Waals surface area contributed by atoms with Gasteiger partial charge in [0.15, 0.2) is 0 Å². The number of benzene rings is 1. The number of aromatic nitrogens is 1. The van der Waals surface area contributed by atoms with Crippen LogP contribution in [0.3, 0.4) is 0 Å². The van der Waals surface area contributed by atoms with E-state index in [9.17, 15) is 4.39 Å². The Balaban J connectivity index is 2.04. The van der Waals surface area contributed by atoms with Gasteiger partial charge in [0, 0.05) is 27.4 Å². The molecule has 0 aliphatic carbocycles. The van der Waals surface area contributed by atoms with Crippen LogP contribution in [0.25, 0.3) is 0 Å². The highest BCUT2D eigenvalue weighted by Crippen LogP contribution is 2.26. The Labute approximate surface area is 131 Å². The maximum atomic E-state index is 13.3. The van der Waals surface area contributed by atoms with E-state index in [1.807, 2.05) is 19.1 Å². The van der Waals surface area contributed by atoms with Gasteiger partial charge in [-0.05, 0) is 42.4 Å². The van der Waals surface area contributed by atoms with Gasteiger partial charge in [-0.1, -0.05) is 22.9 Å². The van der Waals surface area contributed by atoms with Gasteiger partial charge in [0.05, 0.1) is 6.20 Å².